The van der Waals surface area contributed by atoms with E-state index in [1.54, 1.807) is 4.68 Å². The molecule has 1 amide bonds. The van der Waals surface area contributed by atoms with Gasteiger partial charge in [0.25, 0.3) is 5.91 Å². The Hall–Kier alpha value is -3.15. The zero-order valence-corrected chi connectivity index (χ0v) is 14.4. The van der Waals surface area contributed by atoms with Crippen LogP contribution < -0.4 is 11.1 Å². The van der Waals surface area contributed by atoms with Gasteiger partial charge in [-0.25, -0.2) is 4.68 Å². The molecule has 25 heavy (non-hydrogen) atoms. The van der Waals surface area contributed by atoms with Gasteiger partial charge in [0, 0.05) is 6.54 Å². The quantitative estimate of drug-likeness (QED) is 0.750. The molecular formula is C19H21N5O. The highest BCUT2D eigenvalue weighted by Crippen LogP contribution is 2.15. The van der Waals surface area contributed by atoms with E-state index >= 15 is 0 Å². The third kappa shape index (κ3) is 3.85. The number of aryl methyl sites for hydroxylation is 2. The number of hydrogen-bond donors (Lipinski definition) is 2. The van der Waals surface area contributed by atoms with Gasteiger partial charge < -0.3 is 11.1 Å². The Balaban J connectivity index is 1.72. The van der Waals surface area contributed by atoms with Crippen LogP contribution in [0.25, 0.3) is 0 Å². The summed E-state index contributed by atoms with van der Waals surface area (Å²) < 4.78 is 1.55. The summed E-state index contributed by atoms with van der Waals surface area (Å²) in [6, 6.07) is 15.9. The van der Waals surface area contributed by atoms with Gasteiger partial charge in [0.15, 0.2) is 11.5 Å². The molecule has 1 heterocycles. The Morgan fingerprint density at radius 2 is 1.92 bits per heavy atom. The molecule has 0 aliphatic heterocycles. The van der Waals surface area contributed by atoms with E-state index in [9.17, 15) is 4.79 Å². The highest BCUT2D eigenvalue weighted by Gasteiger charge is 2.17. The van der Waals surface area contributed by atoms with E-state index in [0.29, 0.717) is 13.1 Å². The number of carbonyl (C=O) groups excluding carboxylic acids is 1. The lowest BCUT2D eigenvalue weighted by Gasteiger charge is -2.08. The topological polar surface area (TPSA) is 85.8 Å². The first-order valence-corrected chi connectivity index (χ1v) is 8.12. The molecule has 0 radical (unpaired) electrons. The molecule has 0 atom stereocenters. The third-order valence-electron chi connectivity index (χ3n) is 4.11. The first kappa shape index (κ1) is 16.7. The van der Waals surface area contributed by atoms with Crippen LogP contribution >= 0.6 is 0 Å². The molecule has 0 unspecified atom stereocenters. The van der Waals surface area contributed by atoms with E-state index in [1.165, 1.54) is 5.56 Å². The molecule has 1 aromatic heterocycles. The number of anilines is 1. The predicted octanol–water partition coefficient (Wildman–Crippen LogP) is 2.46. The average Bonchev–Trinajstić information content (AvgIpc) is 2.98. The monoisotopic (exact) mass is 335 g/mol. The van der Waals surface area contributed by atoms with Crippen molar-refractivity contribution >= 4 is 11.7 Å². The van der Waals surface area contributed by atoms with Crippen LogP contribution in [0, 0.1) is 13.8 Å². The molecule has 0 spiro atoms. The first-order chi connectivity index (χ1) is 12.0. The standard InChI is InChI=1S/C19H21N5O/c1-13-8-9-14(2)16(10-13)12-24-18(20)17(22-23-24)19(25)21-11-15-6-4-3-5-7-15/h3-10H,11-12,20H2,1-2H3,(H,21,25). The number of nitrogens with one attached hydrogen (secondary N) is 1. The van der Waals surface area contributed by atoms with Crippen LogP contribution in [-0.4, -0.2) is 20.9 Å². The molecular weight excluding hydrogens is 314 g/mol. The smallest absolute Gasteiger partial charge is 0.275 e. The van der Waals surface area contributed by atoms with Crippen LogP contribution in [0.1, 0.15) is 32.7 Å². The summed E-state index contributed by atoms with van der Waals surface area (Å²) in [5, 5.41) is 10.8. The van der Waals surface area contributed by atoms with Gasteiger partial charge in [-0.3, -0.25) is 4.79 Å². The van der Waals surface area contributed by atoms with E-state index in [-0.39, 0.29) is 17.4 Å². The molecule has 0 saturated carbocycles. The lowest BCUT2D eigenvalue weighted by molar-refractivity contribution is 0.0946. The van der Waals surface area contributed by atoms with Crippen molar-refractivity contribution in [2.75, 3.05) is 5.73 Å². The number of nitrogen functional groups attached to an aromatic ring is 1. The van der Waals surface area contributed by atoms with Crippen LogP contribution in [0.4, 0.5) is 5.82 Å². The van der Waals surface area contributed by atoms with Gasteiger partial charge >= 0.3 is 0 Å². The molecule has 0 fully saturated rings. The Morgan fingerprint density at radius 1 is 1.16 bits per heavy atom. The summed E-state index contributed by atoms with van der Waals surface area (Å²) in [6.45, 7) is 4.98. The van der Waals surface area contributed by atoms with E-state index < -0.39 is 0 Å². The van der Waals surface area contributed by atoms with Crippen molar-refractivity contribution in [3.8, 4) is 0 Å². The summed E-state index contributed by atoms with van der Waals surface area (Å²) >= 11 is 0. The summed E-state index contributed by atoms with van der Waals surface area (Å²) in [5.41, 5.74) is 10.7. The minimum absolute atomic E-state index is 0.154. The number of nitrogens with two attached hydrogens (primary N) is 1. The number of rotatable bonds is 5. The highest BCUT2D eigenvalue weighted by molar-refractivity contribution is 5.96. The van der Waals surface area contributed by atoms with Crippen molar-refractivity contribution in [2.24, 2.45) is 0 Å². The molecule has 128 valence electrons. The van der Waals surface area contributed by atoms with Gasteiger partial charge in [-0.2, -0.15) is 0 Å². The number of carbonyl (C=O) groups is 1. The fraction of sp³-hybridized carbons (Fsp3) is 0.211. The normalized spacial score (nSPS) is 10.6. The lowest BCUT2D eigenvalue weighted by Crippen LogP contribution is -2.24. The minimum atomic E-state index is -0.325. The van der Waals surface area contributed by atoms with Gasteiger partial charge in [0.2, 0.25) is 0 Å². The second kappa shape index (κ2) is 7.17. The Kier molecular flexibility index (Phi) is 4.79. The van der Waals surface area contributed by atoms with E-state index in [2.05, 4.69) is 33.8 Å². The third-order valence-corrected chi connectivity index (χ3v) is 4.11. The van der Waals surface area contributed by atoms with Crippen molar-refractivity contribution in [3.63, 3.8) is 0 Å². The highest BCUT2D eigenvalue weighted by atomic mass is 16.2. The molecule has 0 aliphatic carbocycles. The number of amides is 1. The van der Waals surface area contributed by atoms with Crippen LogP contribution in [-0.2, 0) is 13.1 Å². The summed E-state index contributed by atoms with van der Waals surface area (Å²) in [4.78, 5) is 12.3. The summed E-state index contributed by atoms with van der Waals surface area (Å²) in [7, 11) is 0. The Morgan fingerprint density at radius 3 is 2.68 bits per heavy atom. The van der Waals surface area contributed by atoms with Crippen LogP contribution in [0.15, 0.2) is 48.5 Å². The SMILES string of the molecule is Cc1ccc(C)c(Cn2nnc(C(=O)NCc3ccccc3)c2N)c1. The second-order valence-corrected chi connectivity index (χ2v) is 6.08. The van der Waals surface area contributed by atoms with Crippen molar-refractivity contribution < 1.29 is 4.79 Å². The van der Waals surface area contributed by atoms with E-state index in [0.717, 1.165) is 16.7 Å². The van der Waals surface area contributed by atoms with Gasteiger partial charge in [0.1, 0.15) is 0 Å². The van der Waals surface area contributed by atoms with Crippen molar-refractivity contribution in [1.29, 1.82) is 0 Å². The molecule has 2 aromatic carbocycles. The first-order valence-electron chi connectivity index (χ1n) is 8.12. The maximum Gasteiger partial charge on any atom is 0.275 e. The largest absolute Gasteiger partial charge is 0.382 e. The van der Waals surface area contributed by atoms with E-state index in [1.807, 2.05) is 44.2 Å². The molecule has 3 aromatic rings. The van der Waals surface area contributed by atoms with E-state index in [4.69, 9.17) is 5.73 Å². The Labute approximate surface area is 146 Å². The molecule has 6 heteroatoms. The fourth-order valence-electron chi connectivity index (χ4n) is 2.59. The second-order valence-electron chi connectivity index (χ2n) is 6.08. The van der Waals surface area contributed by atoms with Crippen molar-refractivity contribution in [2.45, 2.75) is 26.9 Å². The van der Waals surface area contributed by atoms with Crippen molar-refractivity contribution in [1.82, 2.24) is 20.3 Å². The van der Waals surface area contributed by atoms with Gasteiger partial charge in [-0.05, 0) is 30.5 Å². The van der Waals surface area contributed by atoms with Crippen LogP contribution in [0.5, 0.6) is 0 Å². The molecule has 6 nitrogen and oxygen atoms in total. The zero-order chi connectivity index (χ0) is 17.8. The number of benzene rings is 2. The molecule has 0 bridgehead atoms. The molecule has 3 N–H and O–H groups in total. The number of aromatic nitrogens is 3. The molecule has 0 aliphatic rings. The maximum absolute atomic E-state index is 12.3. The average molecular weight is 335 g/mol. The Bertz CT molecular complexity index is 886. The van der Waals surface area contributed by atoms with Crippen LogP contribution in [0.2, 0.25) is 0 Å². The summed E-state index contributed by atoms with van der Waals surface area (Å²) in [5.74, 6) is -0.0555. The summed E-state index contributed by atoms with van der Waals surface area (Å²) in [6.07, 6.45) is 0. The number of nitrogens with zero attached hydrogens (tertiary/aromatic N) is 3. The fourth-order valence-corrected chi connectivity index (χ4v) is 2.59. The maximum atomic E-state index is 12.3. The van der Waals surface area contributed by atoms with Gasteiger partial charge in [-0.1, -0.05) is 59.3 Å². The van der Waals surface area contributed by atoms with Crippen molar-refractivity contribution in [3.05, 3.63) is 76.5 Å². The van der Waals surface area contributed by atoms with Gasteiger partial charge in [0.05, 0.1) is 6.54 Å². The molecule has 0 saturated heterocycles. The van der Waals surface area contributed by atoms with Crippen LogP contribution in [0.3, 0.4) is 0 Å². The predicted molar refractivity (Wildman–Crippen MR) is 97.1 cm³/mol. The minimum Gasteiger partial charge on any atom is -0.382 e. The lowest BCUT2D eigenvalue weighted by atomic mass is 10.1. The molecule has 3 rings (SSSR count). The van der Waals surface area contributed by atoms with Gasteiger partial charge in [-0.15, -0.1) is 5.10 Å². The zero-order valence-electron chi connectivity index (χ0n) is 14.4. The number of hydrogen-bond acceptors (Lipinski definition) is 4.